The minimum absolute atomic E-state index is 0.194. The molecule has 6 nitrogen and oxygen atoms in total. The summed E-state index contributed by atoms with van der Waals surface area (Å²) in [5.74, 6) is -1.97. The number of thiazole rings is 1. The highest BCUT2D eigenvalue weighted by atomic mass is 32.2. The summed E-state index contributed by atoms with van der Waals surface area (Å²) in [6.07, 6.45) is -0.285. The third-order valence-corrected chi connectivity index (χ3v) is 6.32. The lowest BCUT2D eigenvalue weighted by Crippen LogP contribution is -2.43. The fourth-order valence-corrected chi connectivity index (χ4v) is 4.65. The number of carboxylic acid groups (broad SMARTS) is 1. The van der Waals surface area contributed by atoms with Crippen molar-refractivity contribution in [3.63, 3.8) is 0 Å². The van der Waals surface area contributed by atoms with E-state index in [1.807, 2.05) is 27.7 Å². The normalized spacial score (nSPS) is 11.7. The molecule has 0 aliphatic heterocycles. The molecule has 1 aromatic carbocycles. The van der Waals surface area contributed by atoms with E-state index in [4.69, 9.17) is 9.44 Å². The Labute approximate surface area is 160 Å². The van der Waals surface area contributed by atoms with E-state index in [1.54, 1.807) is 18.2 Å². The van der Waals surface area contributed by atoms with Crippen molar-refractivity contribution in [1.29, 1.82) is 5.26 Å². The van der Waals surface area contributed by atoms with Gasteiger partial charge in [-0.25, -0.2) is 4.98 Å². The van der Waals surface area contributed by atoms with Gasteiger partial charge in [-0.1, -0.05) is 27.7 Å². The summed E-state index contributed by atoms with van der Waals surface area (Å²) in [7, 11) is 0. The van der Waals surface area contributed by atoms with Crippen LogP contribution in [0.15, 0.2) is 22.5 Å². The maximum atomic E-state index is 12.8. The van der Waals surface area contributed by atoms with E-state index in [-0.39, 0.29) is 18.3 Å². The van der Waals surface area contributed by atoms with Gasteiger partial charge >= 0.3 is 11.9 Å². The second-order valence-electron chi connectivity index (χ2n) is 6.65. The average Bonchev–Trinajstić information content (AvgIpc) is 2.98. The van der Waals surface area contributed by atoms with Gasteiger partial charge in [0, 0.05) is 0 Å². The van der Waals surface area contributed by atoms with Gasteiger partial charge in [-0.15, -0.1) is 11.3 Å². The first-order chi connectivity index (χ1) is 12.2. The molecule has 0 aliphatic rings. The Morgan fingerprint density at radius 2 is 2.00 bits per heavy atom. The second-order valence-corrected chi connectivity index (χ2v) is 8.66. The van der Waals surface area contributed by atoms with Crippen molar-refractivity contribution in [1.82, 2.24) is 4.98 Å². The Morgan fingerprint density at radius 1 is 1.35 bits per heavy atom. The molecule has 0 spiro atoms. The lowest BCUT2D eigenvalue weighted by atomic mass is 9.67. The minimum atomic E-state index is -1.11. The van der Waals surface area contributed by atoms with Crippen LogP contribution in [0.4, 0.5) is 0 Å². The van der Waals surface area contributed by atoms with Crippen molar-refractivity contribution >= 4 is 45.5 Å². The SMILES string of the molecule is CC(C)C(CC(=O)O)(C(=O)OSc1nc2cc(C#N)ccc2s1)C(C)C. The largest absolute Gasteiger partial charge is 0.481 e. The Bertz CT molecular complexity index is 860. The Hall–Kier alpha value is -2.11. The predicted molar refractivity (Wildman–Crippen MR) is 101 cm³/mol. The molecule has 1 N–H and O–H groups in total. The van der Waals surface area contributed by atoms with Gasteiger partial charge in [0.05, 0.1) is 33.7 Å². The van der Waals surface area contributed by atoms with Crippen LogP contribution in [-0.4, -0.2) is 22.0 Å². The van der Waals surface area contributed by atoms with Gasteiger partial charge in [0.2, 0.25) is 0 Å². The predicted octanol–water partition coefficient (Wildman–Crippen LogP) is 4.49. The minimum Gasteiger partial charge on any atom is -0.481 e. The maximum Gasteiger partial charge on any atom is 0.325 e. The van der Waals surface area contributed by atoms with Gasteiger partial charge in [0.15, 0.2) is 4.34 Å². The molecule has 26 heavy (non-hydrogen) atoms. The molecular formula is C18H20N2O4S2. The van der Waals surface area contributed by atoms with Crippen LogP contribution >= 0.6 is 23.4 Å². The number of aliphatic carboxylic acids is 1. The molecule has 0 atom stereocenters. The number of benzene rings is 1. The number of carboxylic acids is 1. The molecule has 0 saturated heterocycles. The van der Waals surface area contributed by atoms with Crippen molar-refractivity contribution in [3.05, 3.63) is 23.8 Å². The van der Waals surface area contributed by atoms with E-state index >= 15 is 0 Å². The van der Waals surface area contributed by atoms with Gasteiger partial charge in [-0.2, -0.15) is 5.26 Å². The molecule has 0 radical (unpaired) electrons. The van der Waals surface area contributed by atoms with Crippen LogP contribution in [0.1, 0.15) is 39.7 Å². The van der Waals surface area contributed by atoms with Crippen LogP contribution < -0.4 is 0 Å². The first-order valence-corrected chi connectivity index (χ1v) is 9.68. The summed E-state index contributed by atoms with van der Waals surface area (Å²) < 4.78 is 6.81. The number of nitrogens with zero attached hydrogens (tertiary/aromatic N) is 2. The molecule has 1 heterocycles. The average molecular weight is 393 g/mol. The molecule has 2 rings (SSSR count). The summed E-state index contributed by atoms with van der Waals surface area (Å²) in [5.41, 5.74) is 0.0669. The highest BCUT2D eigenvalue weighted by molar-refractivity contribution is 7.97. The van der Waals surface area contributed by atoms with Crippen LogP contribution in [0.3, 0.4) is 0 Å². The summed E-state index contributed by atoms with van der Waals surface area (Å²) in [5, 5.41) is 18.2. The number of nitriles is 1. The molecule has 138 valence electrons. The van der Waals surface area contributed by atoms with Crippen LogP contribution in [0.5, 0.6) is 0 Å². The maximum absolute atomic E-state index is 12.8. The molecule has 0 amide bonds. The molecule has 1 aromatic heterocycles. The number of fused-ring (bicyclic) bond motifs is 1. The second kappa shape index (κ2) is 8.06. The van der Waals surface area contributed by atoms with Gasteiger partial charge < -0.3 is 9.29 Å². The zero-order valence-corrected chi connectivity index (χ0v) is 16.6. The Balaban J connectivity index is 2.22. The standard InChI is InChI=1S/C18H20N2O4S2/c1-10(2)18(11(3)4,8-15(21)22)16(23)24-26-17-20-13-7-12(9-19)5-6-14(13)25-17/h5-7,10-11H,8H2,1-4H3,(H,21,22). The van der Waals surface area contributed by atoms with E-state index in [0.717, 1.165) is 16.7 Å². The zero-order chi connectivity index (χ0) is 19.5. The highest BCUT2D eigenvalue weighted by Crippen LogP contribution is 2.42. The molecule has 0 bridgehead atoms. The van der Waals surface area contributed by atoms with Crippen LogP contribution in [0.2, 0.25) is 0 Å². The summed E-state index contributed by atoms with van der Waals surface area (Å²) >= 11 is 2.19. The smallest absolute Gasteiger partial charge is 0.325 e. The lowest BCUT2D eigenvalue weighted by molar-refractivity contribution is -0.159. The molecule has 0 fully saturated rings. The van der Waals surface area contributed by atoms with Crippen LogP contribution in [0, 0.1) is 28.6 Å². The van der Waals surface area contributed by atoms with Gasteiger partial charge in [-0.3, -0.25) is 9.59 Å². The summed E-state index contributed by atoms with van der Waals surface area (Å²) in [6, 6.07) is 7.24. The summed E-state index contributed by atoms with van der Waals surface area (Å²) in [6.45, 7) is 7.32. The van der Waals surface area contributed by atoms with Gasteiger partial charge in [-0.05, 0) is 30.0 Å². The third-order valence-electron chi connectivity index (χ3n) is 4.57. The lowest BCUT2D eigenvalue weighted by Gasteiger charge is -2.36. The summed E-state index contributed by atoms with van der Waals surface area (Å²) in [4.78, 5) is 28.5. The fourth-order valence-electron chi connectivity index (χ4n) is 3.03. The van der Waals surface area contributed by atoms with E-state index < -0.39 is 17.4 Å². The first-order valence-electron chi connectivity index (χ1n) is 8.12. The fraction of sp³-hybridized carbons (Fsp3) is 0.444. The first kappa shape index (κ1) is 20.2. The zero-order valence-electron chi connectivity index (χ0n) is 15.0. The molecule has 0 aliphatic carbocycles. The number of hydrogen-bond donors (Lipinski definition) is 1. The molecule has 2 aromatic rings. The topological polar surface area (TPSA) is 100 Å². The van der Waals surface area contributed by atoms with Gasteiger partial charge in [0.1, 0.15) is 12.0 Å². The van der Waals surface area contributed by atoms with Crippen LogP contribution in [0.25, 0.3) is 10.2 Å². The van der Waals surface area contributed by atoms with Crippen molar-refractivity contribution in [3.8, 4) is 6.07 Å². The molecule has 0 unspecified atom stereocenters. The van der Waals surface area contributed by atoms with Crippen molar-refractivity contribution in [2.75, 3.05) is 0 Å². The molecule has 0 saturated carbocycles. The van der Waals surface area contributed by atoms with Crippen molar-refractivity contribution < 1.29 is 18.9 Å². The highest BCUT2D eigenvalue weighted by Gasteiger charge is 2.48. The number of hydrogen-bond acceptors (Lipinski definition) is 7. The van der Waals surface area contributed by atoms with Crippen molar-refractivity contribution in [2.24, 2.45) is 17.3 Å². The van der Waals surface area contributed by atoms with Crippen molar-refractivity contribution in [2.45, 2.75) is 38.5 Å². The Kier molecular flexibility index (Phi) is 6.26. The van der Waals surface area contributed by atoms with Crippen LogP contribution in [-0.2, 0) is 13.8 Å². The molecular weight excluding hydrogens is 372 g/mol. The monoisotopic (exact) mass is 392 g/mol. The van der Waals surface area contributed by atoms with E-state index in [1.165, 1.54) is 11.3 Å². The quantitative estimate of drug-likeness (QED) is 0.693. The third kappa shape index (κ3) is 4.00. The molecule has 8 heteroatoms. The number of rotatable bonds is 7. The Morgan fingerprint density at radius 3 is 2.54 bits per heavy atom. The number of aromatic nitrogens is 1. The number of carbonyl (C=O) groups excluding carboxylic acids is 1. The van der Waals surface area contributed by atoms with E-state index in [0.29, 0.717) is 15.4 Å². The van der Waals surface area contributed by atoms with E-state index in [2.05, 4.69) is 11.1 Å². The number of carbonyl (C=O) groups is 2. The van der Waals surface area contributed by atoms with E-state index in [9.17, 15) is 14.7 Å². The van der Waals surface area contributed by atoms with Gasteiger partial charge in [0.25, 0.3) is 0 Å².